The summed E-state index contributed by atoms with van der Waals surface area (Å²) in [4.78, 5) is 21.1. The van der Waals surface area contributed by atoms with Gasteiger partial charge in [0.05, 0.1) is 17.5 Å². The first-order chi connectivity index (χ1) is 17.4. The Morgan fingerprint density at radius 1 is 1.19 bits per heavy atom. The number of nitrogens with zero attached hydrogens (tertiary/aromatic N) is 4. The lowest BCUT2D eigenvalue weighted by atomic mass is 9.88. The first-order valence-corrected chi connectivity index (χ1v) is 14.1. The molecule has 0 saturated carbocycles. The minimum absolute atomic E-state index is 0.0949. The average molecular weight is 547 g/mol. The van der Waals surface area contributed by atoms with E-state index in [-0.39, 0.29) is 18.7 Å². The lowest BCUT2D eigenvalue weighted by Crippen LogP contribution is -2.19. The number of halogens is 2. The van der Waals surface area contributed by atoms with Crippen LogP contribution < -0.4 is 10.5 Å². The van der Waals surface area contributed by atoms with Crippen molar-refractivity contribution in [2.24, 2.45) is 12.8 Å². The van der Waals surface area contributed by atoms with Crippen LogP contribution in [0, 0.1) is 11.6 Å². The van der Waals surface area contributed by atoms with Crippen LogP contribution in [0.25, 0.3) is 22.0 Å². The van der Waals surface area contributed by atoms with Crippen LogP contribution in [0.4, 0.5) is 14.6 Å². The van der Waals surface area contributed by atoms with Crippen molar-refractivity contribution in [2.75, 3.05) is 17.2 Å². The summed E-state index contributed by atoms with van der Waals surface area (Å²) in [7, 11) is -1.91. The maximum Gasteiger partial charge on any atom is 0.231 e. The zero-order chi connectivity index (χ0) is 26.9. The summed E-state index contributed by atoms with van der Waals surface area (Å²) in [5.74, 6) is -2.53. The number of aromatic nitrogens is 4. The van der Waals surface area contributed by atoms with Gasteiger partial charge in [-0.3, -0.25) is 14.2 Å². The fourth-order valence-electron chi connectivity index (χ4n) is 4.32. The monoisotopic (exact) mass is 546 g/mol. The highest BCUT2D eigenvalue weighted by Crippen LogP contribution is 2.38. The van der Waals surface area contributed by atoms with E-state index >= 15 is 0 Å². The van der Waals surface area contributed by atoms with Gasteiger partial charge in [0.25, 0.3) is 0 Å². The lowest BCUT2D eigenvalue weighted by molar-refractivity contribution is -0.118. The van der Waals surface area contributed by atoms with E-state index in [1.807, 2.05) is 0 Å². The number of para-hydroxylation sites is 1. The Morgan fingerprint density at radius 3 is 2.51 bits per heavy atom. The Labute approximate surface area is 216 Å². The number of amides is 1. The highest BCUT2D eigenvalue weighted by molar-refractivity contribution is 7.98. The van der Waals surface area contributed by atoms with Gasteiger partial charge in [0.15, 0.2) is 11.0 Å². The molecule has 1 atom stereocenters. The number of benzene rings is 2. The predicted molar refractivity (Wildman–Crippen MR) is 139 cm³/mol. The molecule has 0 fully saturated rings. The van der Waals surface area contributed by atoms with Gasteiger partial charge in [-0.15, -0.1) is 0 Å². The third-order valence-corrected chi connectivity index (χ3v) is 6.78. The van der Waals surface area contributed by atoms with Gasteiger partial charge in [0.1, 0.15) is 11.6 Å². The van der Waals surface area contributed by atoms with E-state index in [1.54, 1.807) is 37.7 Å². The fourth-order valence-corrected chi connectivity index (χ4v) is 5.17. The number of hydrogen-bond acceptors (Lipinski definition) is 7. The molecule has 4 rings (SSSR count). The van der Waals surface area contributed by atoms with E-state index in [1.165, 1.54) is 28.6 Å². The SMILES string of the molecule is CSc1ncc(-c2cccc3c(NS(C)(=O)=O)nn(C)c23)c([C@H](CC(N)=O)Cc2cc(F)cc(F)c2)n1. The van der Waals surface area contributed by atoms with Crippen molar-refractivity contribution in [1.82, 2.24) is 19.7 Å². The van der Waals surface area contributed by atoms with Gasteiger partial charge in [0, 0.05) is 48.2 Å². The number of hydrogen-bond donors (Lipinski definition) is 2. The molecule has 0 aliphatic carbocycles. The van der Waals surface area contributed by atoms with Crippen LogP contribution in [-0.4, -0.2) is 46.6 Å². The van der Waals surface area contributed by atoms with Crippen molar-refractivity contribution >= 4 is 44.4 Å². The molecule has 0 unspecified atom stereocenters. The van der Waals surface area contributed by atoms with Crippen molar-refractivity contribution in [3.63, 3.8) is 0 Å². The van der Waals surface area contributed by atoms with E-state index in [0.717, 1.165) is 12.3 Å². The second-order valence-corrected chi connectivity index (χ2v) is 11.1. The quantitative estimate of drug-likeness (QED) is 0.242. The number of sulfonamides is 1. The van der Waals surface area contributed by atoms with Crippen LogP contribution in [-0.2, 0) is 28.3 Å². The van der Waals surface area contributed by atoms with Gasteiger partial charge in [-0.1, -0.05) is 23.9 Å². The predicted octanol–water partition coefficient (Wildman–Crippen LogP) is 3.60. The molecule has 194 valence electrons. The molecular formula is C24H24F2N6O3S2. The number of aryl methyl sites for hydroxylation is 1. The van der Waals surface area contributed by atoms with Crippen LogP contribution in [0.15, 0.2) is 47.8 Å². The molecule has 0 saturated heterocycles. The summed E-state index contributed by atoms with van der Waals surface area (Å²) < 4.78 is 55.5. The number of rotatable bonds is 9. The van der Waals surface area contributed by atoms with Gasteiger partial charge in [-0.05, 0) is 36.4 Å². The van der Waals surface area contributed by atoms with Crippen molar-refractivity contribution < 1.29 is 22.0 Å². The third kappa shape index (κ3) is 6.05. The molecule has 0 spiro atoms. The number of primary amides is 1. The Morgan fingerprint density at radius 2 is 1.89 bits per heavy atom. The number of fused-ring (bicyclic) bond motifs is 1. The van der Waals surface area contributed by atoms with Crippen molar-refractivity contribution in [2.45, 2.75) is 23.9 Å². The standard InChI is InChI=1S/C24H24F2N6O3S2/c1-32-22-17(5-4-6-18(22)23(30-32)31-37(3,34)35)19-12-28-24(36-2)29-21(19)14(10-20(27)33)7-13-8-15(25)11-16(26)9-13/h4-6,8-9,11-12,14H,7,10H2,1-3H3,(H2,27,33)(H,30,31)/t14-/m0/s1. The first kappa shape index (κ1) is 26.5. The van der Waals surface area contributed by atoms with E-state index < -0.39 is 33.5 Å². The Kier molecular flexibility index (Phi) is 7.46. The van der Waals surface area contributed by atoms with Crippen LogP contribution in [0.3, 0.4) is 0 Å². The summed E-state index contributed by atoms with van der Waals surface area (Å²) in [6.45, 7) is 0. The molecule has 3 N–H and O–H groups in total. The molecular weight excluding hydrogens is 522 g/mol. The van der Waals surface area contributed by atoms with Crippen LogP contribution >= 0.6 is 11.8 Å². The Hall–Kier alpha value is -3.58. The van der Waals surface area contributed by atoms with Gasteiger partial charge >= 0.3 is 0 Å². The van der Waals surface area contributed by atoms with Crippen molar-refractivity contribution in [1.29, 1.82) is 0 Å². The molecule has 1 amide bonds. The van der Waals surface area contributed by atoms with Gasteiger partial charge in [-0.25, -0.2) is 27.2 Å². The van der Waals surface area contributed by atoms with Gasteiger partial charge < -0.3 is 5.73 Å². The number of thioether (sulfide) groups is 1. The van der Waals surface area contributed by atoms with Crippen molar-refractivity contribution in [3.8, 4) is 11.1 Å². The van der Waals surface area contributed by atoms with E-state index in [0.29, 0.717) is 38.4 Å². The highest BCUT2D eigenvalue weighted by Gasteiger charge is 2.25. The smallest absolute Gasteiger partial charge is 0.231 e. The first-order valence-electron chi connectivity index (χ1n) is 11.0. The summed E-state index contributed by atoms with van der Waals surface area (Å²) in [6.07, 6.45) is 4.42. The largest absolute Gasteiger partial charge is 0.370 e. The molecule has 13 heteroatoms. The molecule has 0 aliphatic rings. The highest BCUT2D eigenvalue weighted by atomic mass is 32.2. The number of carbonyl (C=O) groups excluding carboxylic acids is 1. The van der Waals surface area contributed by atoms with Gasteiger partial charge in [0.2, 0.25) is 15.9 Å². The maximum absolute atomic E-state index is 13.9. The van der Waals surface area contributed by atoms with E-state index in [9.17, 15) is 22.0 Å². The summed E-state index contributed by atoms with van der Waals surface area (Å²) in [5, 5.41) is 5.31. The number of nitrogens with two attached hydrogens (primary N) is 1. The summed E-state index contributed by atoms with van der Waals surface area (Å²) in [5.41, 5.74) is 8.17. The Bertz CT molecular complexity index is 1590. The number of carbonyl (C=O) groups is 1. The zero-order valence-corrected chi connectivity index (χ0v) is 21.8. The molecule has 2 aromatic carbocycles. The molecule has 37 heavy (non-hydrogen) atoms. The average Bonchev–Trinajstić information content (AvgIpc) is 3.11. The minimum Gasteiger partial charge on any atom is -0.370 e. The molecule has 9 nitrogen and oxygen atoms in total. The molecule has 2 aromatic heterocycles. The van der Waals surface area contributed by atoms with Crippen LogP contribution in [0.5, 0.6) is 0 Å². The molecule has 0 radical (unpaired) electrons. The van der Waals surface area contributed by atoms with E-state index in [4.69, 9.17) is 5.73 Å². The van der Waals surface area contributed by atoms with Crippen LogP contribution in [0.1, 0.15) is 23.6 Å². The zero-order valence-electron chi connectivity index (χ0n) is 20.2. The van der Waals surface area contributed by atoms with Crippen molar-refractivity contribution in [3.05, 3.63) is 65.5 Å². The lowest BCUT2D eigenvalue weighted by Gasteiger charge is -2.20. The molecule has 0 bridgehead atoms. The second kappa shape index (κ2) is 10.4. The summed E-state index contributed by atoms with van der Waals surface area (Å²) >= 11 is 1.30. The topological polar surface area (TPSA) is 133 Å². The molecule has 4 aromatic rings. The number of nitrogens with one attached hydrogen (secondary N) is 1. The minimum atomic E-state index is -3.58. The normalized spacial score (nSPS) is 12.6. The van der Waals surface area contributed by atoms with Crippen LogP contribution in [0.2, 0.25) is 0 Å². The second-order valence-electron chi connectivity index (χ2n) is 8.55. The number of anilines is 1. The third-order valence-electron chi connectivity index (χ3n) is 5.65. The molecule has 2 heterocycles. The fraction of sp³-hybridized carbons (Fsp3) is 0.250. The summed E-state index contributed by atoms with van der Waals surface area (Å²) in [6, 6.07) is 8.46. The van der Waals surface area contributed by atoms with E-state index in [2.05, 4.69) is 19.8 Å². The van der Waals surface area contributed by atoms with Gasteiger partial charge in [-0.2, -0.15) is 5.10 Å². The molecule has 0 aliphatic heterocycles. The maximum atomic E-state index is 13.9. The Balaban J connectivity index is 1.92.